The molecule has 2 aromatic carbocycles. The van der Waals surface area contributed by atoms with Gasteiger partial charge in [0.05, 0.1) is 0 Å². The molecule has 0 bridgehead atoms. The third kappa shape index (κ3) is 4.44. The van der Waals surface area contributed by atoms with Crippen molar-refractivity contribution in [3.63, 3.8) is 0 Å². The van der Waals surface area contributed by atoms with Crippen molar-refractivity contribution in [1.29, 1.82) is 0 Å². The van der Waals surface area contributed by atoms with Crippen LogP contribution in [0.25, 0.3) is 0 Å². The molecule has 0 saturated carbocycles. The Morgan fingerprint density at radius 3 is 2.25 bits per heavy atom. The maximum absolute atomic E-state index is 12.4. The van der Waals surface area contributed by atoms with Crippen molar-refractivity contribution in [1.82, 2.24) is 0 Å². The molecular formula is C20H24N2O2. The van der Waals surface area contributed by atoms with Crippen molar-refractivity contribution in [3.8, 4) is 0 Å². The zero-order valence-corrected chi connectivity index (χ0v) is 14.7. The molecule has 4 heteroatoms. The number of nitrogens with one attached hydrogen (secondary N) is 1. The molecule has 0 aliphatic carbocycles. The fourth-order valence-electron chi connectivity index (χ4n) is 2.83. The molecular weight excluding hydrogens is 300 g/mol. The lowest BCUT2D eigenvalue weighted by molar-refractivity contribution is -0.120. The van der Waals surface area contributed by atoms with Gasteiger partial charge in [0.25, 0.3) is 0 Å². The molecule has 0 aromatic heterocycles. The Balaban J connectivity index is 2.18. The summed E-state index contributed by atoms with van der Waals surface area (Å²) < 4.78 is 0. The minimum Gasteiger partial charge on any atom is -0.325 e. The van der Waals surface area contributed by atoms with Gasteiger partial charge in [-0.25, -0.2) is 0 Å². The molecule has 0 unspecified atom stereocenters. The number of aryl methyl sites for hydroxylation is 3. The first-order valence-corrected chi connectivity index (χ1v) is 8.15. The summed E-state index contributed by atoms with van der Waals surface area (Å²) in [7, 11) is 0. The molecule has 0 atom stereocenters. The van der Waals surface area contributed by atoms with E-state index in [2.05, 4.69) is 11.4 Å². The van der Waals surface area contributed by atoms with Crippen LogP contribution in [0.1, 0.15) is 30.5 Å². The third-order valence-corrected chi connectivity index (χ3v) is 3.85. The van der Waals surface area contributed by atoms with Crippen molar-refractivity contribution < 1.29 is 9.59 Å². The highest BCUT2D eigenvalue weighted by atomic mass is 16.2. The van der Waals surface area contributed by atoms with E-state index < -0.39 is 0 Å². The van der Waals surface area contributed by atoms with Crippen molar-refractivity contribution in [2.45, 2.75) is 34.1 Å². The first kappa shape index (κ1) is 17.7. The molecule has 0 radical (unpaired) electrons. The minimum absolute atomic E-state index is 0.000659. The normalized spacial score (nSPS) is 10.3. The second-order valence-corrected chi connectivity index (χ2v) is 6.01. The number of carbonyl (C=O) groups excluding carboxylic acids is 2. The summed E-state index contributed by atoms with van der Waals surface area (Å²) in [6, 6.07) is 13.6. The molecule has 0 fully saturated rings. The number of carbonyl (C=O) groups is 2. The molecule has 126 valence electrons. The number of hydrogen-bond donors (Lipinski definition) is 1. The lowest BCUT2D eigenvalue weighted by Gasteiger charge is -2.23. The maximum atomic E-state index is 12.4. The van der Waals surface area contributed by atoms with Crippen LogP contribution in [0.5, 0.6) is 0 Å². The van der Waals surface area contributed by atoms with Gasteiger partial charge in [-0.15, -0.1) is 0 Å². The molecule has 0 aliphatic rings. The zero-order valence-electron chi connectivity index (χ0n) is 14.7. The summed E-state index contributed by atoms with van der Waals surface area (Å²) in [6.45, 7) is 7.49. The van der Waals surface area contributed by atoms with Gasteiger partial charge in [-0.1, -0.05) is 31.2 Å². The van der Waals surface area contributed by atoms with Crippen molar-refractivity contribution >= 4 is 23.2 Å². The smallest absolute Gasteiger partial charge is 0.244 e. The average Bonchev–Trinajstić information content (AvgIpc) is 2.51. The van der Waals surface area contributed by atoms with E-state index in [4.69, 9.17) is 0 Å². The number of anilines is 2. The number of para-hydroxylation sites is 1. The molecule has 0 saturated heterocycles. The van der Waals surface area contributed by atoms with E-state index in [-0.39, 0.29) is 18.4 Å². The Morgan fingerprint density at radius 1 is 1.04 bits per heavy atom. The van der Waals surface area contributed by atoms with Crippen LogP contribution in [0.2, 0.25) is 0 Å². The average molecular weight is 324 g/mol. The first-order chi connectivity index (χ1) is 11.4. The Hall–Kier alpha value is -2.62. The number of rotatable bonds is 5. The molecule has 4 nitrogen and oxygen atoms in total. The second-order valence-electron chi connectivity index (χ2n) is 6.01. The van der Waals surface area contributed by atoms with E-state index in [1.165, 1.54) is 11.8 Å². The lowest BCUT2D eigenvalue weighted by Crippen LogP contribution is -2.37. The van der Waals surface area contributed by atoms with Gasteiger partial charge in [-0.3, -0.25) is 9.59 Å². The molecule has 2 rings (SSSR count). The van der Waals surface area contributed by atoms with Crippen molar-refractivity contribution in [2.24, 2.45) is 0 Å². The largest absolute Gasteiger partial charge is 0.325 e. The summed E-state index contributed by atoms with van der Waals surface area (Å²) >= 11 is 0. The number of amides is 2. The fourth-order valence-corrected chi connectivity index (χ4v) is 2.83. The highest BCUT2D eigenvalue weighted by Crippen LogP contribution is 2.21. The summed E-state index contributed by atoms with van der Waals surface area (Å²) in [5.74, 6) is -0.354. The fraction of sp³-hybridized carbons (Fsp3) is 0.300. The minimum atomic E-state index is -0.207. The monoisotopic (exact) mass is 324 g/mol. The molecule has 24 heavy (non-hydrogen) atoms. The van der Waals surface area contributed by atoms with E-state index in [9.17, 15) is 9.59 Å². The molecule has 2 aromatic rings. The van der Waals surface area contributed by atoms with Crippen molar-refractivity contribution in [2.75, 3.05) is 16.8 Å². The summed E-state index contributed by atoms with van der Waals surface area (Å²) in [5.41, 5.74) is 4.77. The van der Waals surface area contributed by atoms with Crippen LogP contribution >= 0.6 is 0 Å². The van der Waals surface area contributed by atoms with E-state index in [1.807, 2.05) is 57.2 Å². The second kappa shape index (κ2) is 7.77. The molecule has 2 amide bonds. The number of benzene rings is 2. The van der Waals surface area contributed by atoms with Gasteiger partial charge in [-0.05, 0) is 55.2 Å². The van der Waals surface area contributed by atoms with Gasteiger partial charge in [0.15, 0.2) is 0 Å². The van der Waals surface area contributed by atoms with Crippen LogP contribution in [-0.2, 0) is 16.0 Å². The Labute approximate surface area is 143 Å². The Morgan fingerprint density at radius 2 is 1.67 bits per heavy atom. The van der Waals surface area contributed by atoms with Crippen LogP contribution in [0.4, 0.5) is 11.4 Å². The van der Waals surface area contributed by atoms with Gasteiger partial charge in [0.2, 0.25) is 11.8 Å². The van der Waals surface area contributed by atoms with Crippen LogP contribution in [0.3, 0.4) is 0 Å². The quantitative estimate of drug-likeness (QED) is 0.908. The van der Waals surface area contributed by atoms with E-state index in [0.717, 1.165) is 34.5 Å². The third-order valence-electron chi connectivity index (χ3n) is 3.85. The van der Waals surface area contributed by atoms with E-state index >= 15 is 0 Å². The SMILES string of the molecule is CCc1ccccc1N(CC(=O)Nc1cc(C)cc(C)c1)C(C)=O. The predicted octanol–water partition coefficient (Wildman–Crippen LogP) is 3.86. The standard InChI is InChI=1S/C20H24N2O2/c1-5-17-8-6-7-9-19(17)22(16(4)23)13-20(24)21-18-11-14(2)10-15(3)12-18/h6-12H,5,13H2,1-4H3,(H,21,24). The van der Waals surface area contributed by atoms with E-state index in [1.54, 1.807) is 0 Å². The van der Waals surface area contributed by atoms with Crippen LogP contribution < -0.4 is 10.2 Å². The number of nitrogens with zero attached hydrogens (tertiary/aromatic N) is 1. The molecule has 0 spiro atoms. The molecule has 0 aliphatic heterocycles. The summed E-state index contributed by atoms with van der Waals surface area (Å²) in [4.78, 5) is 26.0. The first-order valence-electron chi connectivity index (χ1n) is 8.15. The van der Waals surface area contributed by atoms with Gasteiger partial charge < -0.3 is 10.2 Å². The highest BCUT2D eigenvalue weighted by Gasteiger charge is 2.18. The number of hydrogen-bond acceptors (Lipinski definition) is 2. The molecule has 0 heterocycles. The van der Waals surface area contributed by atoms with Crippen molar-refractivity contribution in [3.05, 3.63) is 59.2 Å². The van der Waals surface area contributed by atoms with Gasteiger partial charge >= 0.3 is 0 Å². The van der Waals surface area contributed by atoms with Crippen LogP contribution in [-0.4, -0.2) is 18.4 Å². The highest BCUT2D eigenvalue weighted by molar-refractivity contribution is 6.02. The predicted molar refractivity (Wildman–Crippen MR) is 98.4 cm³/mol. The lowest BCUT2D eigenvalue weighted by atomic mass is 10.1. The van der Waals surface area contributed by atoms with Gasteiger partial charge in [0.1, 0.15) is 6.54 Å². The topological polar surface area (TPSA) is 49.4 Å². The summed E-state index contributed by atoms with van der Waals surface area (Å²) in [5, 5.41) is 2.88. The maximum Gasteiger partial charge on any atom is 0.244 e. The summed E-state index contributed by atoms with van der Waals surface area (Å²) in [6.07, 6.45) is 0.804. The Kier molecular flexibility index (Phi) is 5.74. The van der Waals surface area contributed by atoms with Gasteiger partial charge in [0, 0.05) is 18.3 Å². The zero-order chi connectivity index (χ0) is 17.7. The van der Waals surface area contributed by atoms with Crippen LogP contribution in [0.15, 0.2) is 42.5 Å². The van der Waals surface area contributed by atoms with E-state index in [0.29, 0.717) is 0 Å². The van der Waals surface area contributed by atoms with Crippen LogP contribution in [0, 0.1) is 13.8 Å². The Bertz CT molecular complexity index is 733. The van der Waals surface area contributed by atoms with Gasteiger partial charge in [-0.2, -0.15) is 0 Å². The molecule has 1 N–H and O–H groups in total.